The molecule has 4 heteroatoms. The SMILES string of the molecule is N[C@@H](CCF)c1ccc(F)cc1Br. The summed E-state index contributed by atoms with van der Waals surface area (Å²) in [4.78, 5) is 0. The first-order chi connectivity index (χ1) is 6.15. The van der Waals surface area contributed by atoms with Gasteiger partial charge in [0.1, 0.15) is 5.82 Å². The van der Waals surface area contributed by atoms with Gasteiger partial charge >= 0.3 is 0 Å². The maximum absolute atomic E-state index is 12.7. The van der Waals surface area contributed by atoms with E-state index >= 15 is 0 Å². The highest BCUT2D eigenvalue weighted by molar-refractivity contribution is 9.10. The van der Waals surface area contributed by atoms with E-state index in [4.69, 9.17) is 5.73 Å². The van der Waals surface area contributed by atoms with Crippen molar-refractivity contribution >= 4 is 15.9 Å². The topological polar surface area (TPSA) is 26.0 Å². The molecule has 1 nitrogen and oxygen atoms in total. The fourth-order valence-corrected chi connectivity index (χ4v) is 1.72. The predicted molar refractivity (Wildman–Crippen MR) is 51.6 cm³/mol. The quantitative estimate of drug-likeness (QED) is 0.876. The van der Waals surface area contributed by atoms with Gasteiger partial charge in [-0.1, -0.05) is 22.0 Å². The third-order valence-corrected chi connectivity index (χ3v) is 2.47. The zero-order chi connectivity index (χ0) is 9.84. The normalized spacial score (nSPS) is 12.9. The van der Waals surface area contributed by atoms with Gasteiger partial charge in [0.05, 0.1) is 6.67 Å². The monoisotopic (exact) mass is 249 g/mol. The van der Waals surface area contributed by atoms with Crippen LogP contribution in [-0.2, 0) is 0 Å². The number of rotatable bonds is 3. The van der Waals surface area contributed by atoms with E-state index in [1.807, 2.05) is 0 Å². The standard InChI is InChI=1S/C9H10BrF2N/c10-8-5-6(12)1-2-7(8)9(13)3-4-11/h1-2,5,9H,3-4,13H2/t9-/m0/s1. The van der Waals surface area contributed by atoms with E-state index < -0.39 is 6.67 Å². The van der Waals surface area contributed by atoms with Crippen LogP contribution in [0.25, 0.3) is 0 Å². The van der Waals surface area contributed by atoms with E-state index in [1.54, 1.807) is 6.07 Å². The van der Waals surface area contributed by atoms with E-state index in [2.05, 4.69) is 15.9 Å². The molecule has 1 aromatic rings. The van der Waals surface area contributed by atoms with Crippen LogP contribution in [0.1, 0.15) is 18.0 Å². The summed E-state index contributed by atoms with van der Waals surface area (Å²) in [5, 5.41) is 0. The van der Waals surface area contributed by atoms with Crippen LogP contribution in [0.15, 0.2) is 22.7 Å². The van der Waals surface area contributed by atoms with Crippen molar-refractivity contribution in [2.45, 2.75) is 12.5 Å². The second-order valence-electron chi connectivity index (χ2n) is 2.75. The van der Waals surface area contributed by atoms with Gasteiger partial charge in [0.25, 0.3) is 0 Å². The molecule has 0 saturated heterocycles. The molecule has 0 aliphatic carbocycles. The van der Waals surface area contributed by atoms with Crippen molar-refractivity contribution < 1.29 is 8.78 Å². The second kappa shape index (κ2) is 4.67. The van der Waals surface area contributed by atoms with Crippen molar-refractivity contribution in [2.24, 2.45) is 5.73 Å². The summed E-state index contributed by atoms with van der Waals surface area (Å²) in [7, 11) is 0. The van der Waals surface area contributed by atoms with Gasteiger partial charge in [-0.3, -0.25) is 4.39 Å². The lowest BCUT2D eigenvalue weighted by molar-refractivity contribution is 0.441. The molecule has 0 bridgehead atoms. The Hall–Kier alpha value is -0.480. The number of halogens is 3. The van der Waals surface area contributed by atoms with Crippen molar-refractivity contribution in [3.8, 4) is 0 Å². The third kappa shape index (κ3) is 2.74. The molecule has 0 amide bonds. The van der Waals surface area contributed by atoms with Crippen LogP contribution in [0.2, 0.25) is 0 Å². The minimum atomic E-state index is -0.467. The van der Waals surface area contributed by atoms with Gasteiger partial charge in [-0.25, -0.2) is 4.39 Å². The summed E-state index contributed by atoms with van der Waals surface area (Å²) in [5.74, 6) is -0.330. The van der Waals surface area contributed by atoms with Gasteiger partial charge in [0.2, 0.25) is 0 Å². The molecular weight excluding hydrogens is 240 g/mol. The summed E-state index contributed by atoms with van der Waals surface area (Å²) in [6, 6.07) is 3.84. The van der Waals surface area contributed by atoms with Crippen molar-refractivity contribution in [1.29, 1.82) is 0 Å². The minimum Gasteiger partial charge on any atom is -0.324 e. The summed E-state index contributed by atoms with van der Waals surface area (Å²) in [5.41, 5.74) is 6.40. The van der Waals surface area contributed by atoms with Crippen LogP contribution >= 0.6 is 15.9 Å². The maximum Gasteiger partial charge on any atom is 0.124 e. The second-order valence-corrected chi connectivity index (χ2v) is 3.60. The Bertz CT molecular complexity index is 291. The first-order valence-electron chi connectivity index (χ1n) is 3.91. The molecule has 0 radical (unpaired) electrons. The van der Waals surface area contributed by atoms with E-state index in [1.165, 1.54) is 12.1 Å². The Morgan fingerprint density at radius 3 is 2.69 bits per heavy atom. The molecule has 0 spiro atoms. The number of hydrogen-bond acceptors (Lipinski definition) is 1. The molecule has 13 heavy (non-hydrogen) atoms. The Labute approximate surface area is 84.1 Å². The molecule has 0 aromatic heterocycles. The van der Waals surface area contributed by atoms with Gasteiger partial charge in [-0.15, -0.1) is 0 Å². The maximum atomic E-state index is 12.7. The largest absolute Gasteiger partial charge is 0.324 e. The van der Waals surface area contributed by atoms with Gasteiger partial charge in [0, 0.05) is 10.5 Å². The minimum absolute atomic E-state index is 0.254. The predicted octanol–water partition coefficient (Wildman–Crippen LogP) is 2.95. The fourth-order valence-electron chi connectivity index (χ4n) is 1.08. The van der Waals surface area contributed by atoms with E-state index in [0.717, 1.165) is 5.56 Å². The molecule has 0 aliphatic heterocycles. The van der Waals surface area contributed by atoms with Crippen LogP contribution in [0.5, 0.6) is 0 Å². The van der Waals surface area contributed by atoms with Gasteiger partial charge in [0.15, 0.2) is 0 Å². The highest BCUT2D eigenvalue weighted by atomic mass is 79.9. The van der Waals surface area contributed by atoms with Crippen LogP contribution in [-0.4, -0.2) is 6.67 Å². The Morgan fingerprint density at radius 2 is 2.15 bits per heavy atom. The lowest BCUT2D eigenvalue weighted by Gasteiger charge is -2.11. The number of nitrogens with two attached hydrogens (primary N) is 1. The first-order valence-corrected chi connectivity index (χ1v) is 4.71. The molecule has 1 rings (SSSR count). The number of alkyl halides is 1. The summed E-state index contributed by atoms with van der Waals surface area (Å²) >= 11 is 3.18. The summed E-state index contributed by atoms with van der Waals surface area (Å²) in [6.07, 6.45) is 0.254. The smallest absolute Gasteiger partial charge is 0.124 e. The summed E-state index contributed by atoms with van der Waals surface area (Å²) < 4.78 is 25.2. The zero-order valence-corrected chi connectivity index (χ0v) is 8.52. The average molecular weight is 250 g/mol. The van der Waals surface area contributed by atoms with Crippen LogP contribution in [0.4, 0.5) is 8.78 Å². The van der Waals surface area contributed by atoms with Gasteiger partial charge in [-0.2, -0.15) is 0 Å². The van der Waals surface area contributed by atoms with Gasteiger partial charge < -0.3 is 5.73 Å². The van der Waals surface area contributed by atoms with Crippen molar-refractivity contribution in [2.75, 3.05) is 6.67 Å². The lowest BCUT2D eigenvalue weighted by Crippen LogP contribution is -2.11. The van der Waals surface area contributed by atoms with Crippen molar-refractivity contribution in [3.05, 3.63) is 34.1 Å². The van der Waals surface area contributed by atoms with Gasteiger partial charge in [-0.05, 0) is 24.1 Å². The average Bonchev–Trinajstić information content (AvgIpc) is 2.04. The Kier molecular flexibility index (Phi) is 3.81. The number of benzene rings is 1. The molecule has 0 fully saturated rings. The summed E-state index contributed by atoms with van der Waals surface area (Å²) in [6.45, 7) is -0.467. The lowest BCUT2D eigenvalue weighted by atomic mass is 10.1. The van der Waals surface area contributed by atoms with Crippen LogP contribution in [0.3, 0.4) is 0 Å². The molecule has 0 saturated carbocycles. The van der Waals surface area contributed by atoms with E-state index in [-0.39, 0.29) is 18.3 Å². The first kappa shape index (κ1) is 10.6. The Morgan fingerprint density at radius 1 is 1.46 bits per heavy atom. The molecule has 0 unspecified atom stereocenters. The molecular formula is C9H10BrF2N. The zero-order valence-electron chi connectivity index (χ0n) is 6.93. The van der Waals surface area contributed by atoms with Crippen LogP contribution < -0.4 is 5.73 Å². The molecule has 0 aliphatic rings. The molecule has 1 atom stereocenters. The molecule has 0 heterocycles. The van der Waals surface area contributed by atoms with Crippen molar-refractivity contribution in [1.82, 2.24) is 0 Å². The van der Waals surface area contributed by atoms with E-state index in [0.29, 0.717) is 4.47 Å². The molecule has 2 N–H and O–H groups in total. The Balaban J connectivity index is 2.88. The molecule has 72 valence electrons. The molecule has 1 aromatic carbocycles. The van der Waals surface area contributed by atoms with E-state index in [9.17, 15) is 8.78 Å². The fraction of sp³-hybridized carbons (Fsp3) is 0.333. The third-order valence-electron chi connectivity index (χ3n) is 1.78. The van der Waals surface area contributed by atoms with Crippen LogP contribution in [0, 0.1) is 5.82 Å². The number of hydrogen-bond donors (Lipinski definition) is 1. The highest BCUT2D eigenvalue weighted by Crippen LogP contribution is 2.24. The van der Waals surface area contributed by atoms with Crippen molar-refractivity contribution in [3.63, 3.8) is 0 Å². The highest BCUT2D eigenvalue weighted by Gasteiger charge is 2.09.